The standard InChI is InChI=1S/C23H26N2O3/c1-2-25(20-10-5-3-6-11-20)16-9-15-24-23(26)22-19(14-17-27-22)18-28-21-12-7-4-8-13-21/h3-8,10-14,17H,2,9,15-16,18H2,1H3,(H,24,26). The Morgan fingerprint density at radius 3 is 2.46 bits per heavy atom. The van der Waals surface area contributed by atoms with Crippen LogP contribution in [-0.2, 0) is 6.61 Å². The maximum atomic E-state index is 12.4. The number of anilines is 1. The Balaban J connectivity index is 1.46. The van der Waals surface area contributed by atoms with E-state index in [0.717, 1.165) is 30.8 Å². The zero-order valence-electron chi connectivity index (χ0n) is 16.1. The molecule has 0 aliphatic rings. The molecular weight excluding hydrogens is 352 g/mol. The van der Waals surface area contributed by atoms with E-state index in [4.69, 9.17) is 9.15 Å². The maximum Gasteiger partial charge on any atom is 0.287 e. The Bertz CT molecular complexity index is 847. The van der Waals surface area contributed by atoms with Gasteiger partial charge in [-0.25, -0.2) is 0 Å². The number of furan rings is 1. The molecule has 0 saturated carbocycles. The van der Waals surface area contributed by atoms with Crippen molar-refractivity contribution in [2.45, 2.75) is 20.0 Å². The number of para-hydroxylation sites is 2. The quantitative estimate of drug-likeness (QED) is 0.528. The molecule has 0 saturated heterocycles. The van der Waals surface area contributed by atoms with E-state index in [0.29, 0.717) is 18.9 Å². The van der Waals surface area contributed by atoms with Crippen molar-refractivity contribution in [3.63, 3.8) is 0 Å². The molecule has 0 bridgehead atoms. The van der Waals surface area contributed by atoms with Gasteiger partial charge in [-0.05, 0) is 43.7 Å². The van der Waals surface area contributed by atoms with Gasteiger partial charge in [0.05, 0.1) is 6.26 Å². The Labute approximate surface area is 165 Å². The molecule has 1 amide bonds. The van der Waals surface area contributed by atoms with Gasteiger partial charge in [-0.2, -0.15) is 0 Å². The van der Waals surface area contributed by atoms with Crippen molar-refractivity contribution in [3.05, 3.63) is 84.3 Å². The van der Waals surface area contributed by atoms with Crippen molar-refractivity contribution in [2.24, 2.45) is 0 Å². The monoisotopic (exact) mass is 378 g/mol. The summed E-state index contributed by atoms with van der Waals surface area (Å²) < 4.78 is 11.1. The first kappa shape index (κ1) is 19.5. The van der Waals surface area contributed by atoms with E-state index in [1.165, 1.54) is 12.0 Å². The Morgan fingerprint density at radius 1 is 1.04 bits per heavy atom. The fraction of sp³-hybridized carbons (Fsp3) is 0.261. The van der Waals surface area contributed by atoms with Gasteiger partial charge in [0, 0.05) is 30.9 Å². The lowest BCUT2D eigenvalue weighted by Crippen LogP contribution is -2.30. The van der Waals surface area contributed by atoms with E-state index in [1.54, 1.807) is 6.07 Å². The highest BCUT2D eigenvalue weighted by Crippen LogP contribution is 2.16. The smallest absolute Gasteiger partial charge is 0.287 e. The fourth-order valence-electron chi connectivity index (χ4n) is 2.99. The maximum absolute atomic E-state index is 12.4. The van der Waals surface area contributed by atoms with Gasteiger partial charge in [0.1, 0.15) is 12.4 Å². The number of carbonyl (C=O) groups is 1. The van der Waals surface area contributed by atoms with Crippen LogP contribution >= 0.6 is 0 Å². The molecule has 3 aromatic rings. The average molecular weight is 378 g/mol. The van der Waals surface area contributed by atoms with Gasteiger partial charge in [0.25, 0.3) is 5.91 Å². The molecule has 28 heavy (non-hydrogen) atoms. The van der Waals surface area contributed by atoms with Gasteiger partial charge in [0.2, 0.25) is 0 Å². The van der Waals surface area contributed by atoms with E-state index in [-0.39, 0.29) is 5.91 Å². The van der Waals surface area contributed by atoms with Gasteiger partial charge in [-0.3, -0.25) is 4.79 Å². The molecule has 1 N–H and O–H groups in total. The molecule has 0 radical (unpaired) electrons. The molecule has 0 aliphatic carbocycles. The Kier molecular flexibility index (Phi) is 7.13. The van der Waals surface area contributed by atoms with Crippen molar-refractivity contribution in [1.82, 2.24) is 5.32 Å². The predicted molar refractivity (Wildman–Crippen MR) is 111 cm³/mol. The molecule has 0 spiro atoms. The third-order valence-corrected chi connectivity index (χ3v) is 4.48. The summed E-state index contributed by atoms with van der Waals surface area (Å²) in [4.78, 5) is 14.7. The van der Waals surface area contributed by atoms with Crippen LogP contribution in [0.2, 0.25) is 0 Å². The second-order valence-corrected chi connectivity index (χ2v) is 6.40. The molecule has 0 atom stereocenters. The van der Waals surface area contributed by atoms with E-state index in [9.17, 15) is 4.79 Å². The SMILES string of the molecule is CCN(CCCNC(=O)c1occc1COc1ccccc1)c1ccccc1. The highest BCUT2D eigenvalue weighted by Gasteiger charge is 2.15. The molecule has 0 fully saturated rings. The molecule has 2 aromatic carbocycles. The van der Waals surface area contributed by atoms with Gasteiger partial charge in [-0.15, -0.1) is 0 Å². The third-order valence-electron chi connectivity index (χ3n) is 4.48. The predicted octanol–water partition coefficient (Wildman–Crippen LogP) is 4.51. The van der Waals surface area contributed by atoms with E-state index < -0.39 is 0 Å². The number of hydrogen-bond donors (Lipinski definition) is 1. The summed E-state index contributed by atoms with van der Waals surface area (Å²) in [6, 6.07) is 21.6. The topological polar surface area (TPSA) is 54.7 Å². The van der Waals surface area contributed by atoms with Crippen LogP contribution in [-0.4, -0.2) is 25.5 Å². The first-order valence-corrected chi connectivity index (χ1v) is 9.60. The van der Waals surface area contributed by atoms with Crippen molar-refractivity contribution < 1.29 is 13.9 Å². The van der Waals surface area contributed by atoms with E-state index >= 15 is 0 Å². The minimum absolute atomic E-state index is 0.209. The molecule has 0 aliphatic heterocycles. The minimum atomic E-state index is -0.209. The van der Waals surface area contributed by atoms with Crippen LogP contribution in [0.25, 0.3) is 0 Å². The lowest BCUT2D eigenvalue weighted by atomic mass is 10.2. The van der Waals surface area contributed by atoms with Crippen LogP contribution in [0, 0.1) is 0 Å². The molecule has 1 heterocycles. The summed E-state index contributed by atoms with van der Waals surface area (Å²) in [5.41, 5.74) is 1.93. The third kappa shape index (κ3) is 5.39. The van der Waals surface area contributed by atoms with Crippen molar-refractivity contribution >= 4 is 11.6 Å². The van der Waals surface area contributed by atoms with Gasteiger partial charge in [0.15, 0.2) is 5.76 Å². The zero-order chi connectivity index (χ0) is 19.6. The van der Waals surface area contributed by atoms with Crippen LogP contribution in [0.3, 0.4) is 0 Å². The summed E-state index contributed by atoms with van der Waals surface area (Å²) in [6.07, 6.45) is 2.37. The molecule has 3 rings (SSSR count). The summed E-state index contributed by atoms with van der Waals surface area (Å²) in [5.74, 6) is 0.862. The minimum Gasteiger partial charge on any atom is -0.489 e. The molecule has 1 aromatic heterocycles. The van der Waals surface area contributed by atoms with Crippen molar-refractivity contribution in [3.8, 4) is 5.75 Å². The van der Waals surface area contributed by atoms with Crippen molar-refractivity contribution in [2.75, 3.05) is 24.5 Å². The van der Waals surface area contributed by atoms with Crippen LogP contribution in [0.4, 0.5) is 5.69 Å². The van der Waals surface area contributed by atoms with Crippen LogP contribution in [0.1, 0.15) is 29.5 Å². The Morgan fingerprint density at radius 2 is 1.75 bits per heavy atom. The number of nitrogens with zero attached hydrogens (tertiary/aromatic N) is 1. The average Bonchev–Trinajstić information content (AvgIpc) is 3.22. The van der Waals surface area contributed by atoms with Crippen molar-refractivity contribution in [1.29, 1.82) is 0 Å². The number of ether oxygens (including phenoxy) is 1. The largest absolute Gasteiger partial charge is 0.489 e. The number of hydrogen-bond acceptors (Lipinski definition) is 4. The molecule has 0 unspecified atom stereocenters. The summed E-state index contributed by atoms with van der Waals surface area (Å²) >= 11 is 0. The first-order valence-electron chi connectivity index (χ1n) is 9.60. The lowest BCUT2D eigenvalue weighted by Gasteiger charge is -2.23. The van der Waals surface area contributed by atoms with Crippen LogP contribution < -0.4 is 15.0 Å². The zero-order valence-corrected chi connectivity index (χ0v) is 16.1. The summed E-state index contributed by atoms with van der Waals surface area (Å²) in [5, 5.41) is 2.94. The Hall–Kier alpha value is -3.21. The van der Waals surface area contributed by atoms with Gasteiger partial charge < -0.3 is 19.4 Å². The molecule has 5 nitrogen and oxygen atoms in total. The number of carbonyl (C=O) groups excluding carboxylic acids is 1. The number of rotatable bonds is 10. The van der Waals surface area contributed by atoms with Gasteiger partial charge >= 0.3 is 0 Å². The second kappa shape index (κ2) is 10.2. The van der Waals surface area contributed by atoms with Crippen LogP contribution in [0.15, 0.2) is 77.4 Å². The van der Waals surface area contributed by atoms with Crippen LogP contribution in [0.5, 0.6) is 5.75 Å². The number of nitrogens with one attached hydrogen (secondary N) is 1. The molecule has 146 valence electrons. The molecule has 5 heteroatoms. The van der Waals surface area contributed by atoms with E-state index in [2.05, 4.69) is 29.3 Å². The fourth-order valence-corrected chi connectivity index (χ4v) is 2.99. The summed E-state index contributed by atoms with van der Waals surface area (Å²) in [7, 11) is 0. The van der Waals surface area contributed by atoms with E-state index in [1.807, 2.05) is 48.5 Å². The number of amides is 1. The normalized spacial score (nSPS) is 10.5. The molecular formula is C23H26N2O3. The highest BCUT2D eigenvalue weighted by molar-refractivity contribution is 5.92. The lowest BCUT2D eigenvalue weighted by molar-refractivity contribution is 0.0922. The number of benzene rings is 2. The second-order valence-electron chi connectivity index (χ2n) is 6.40. The van der Waals surface area contributed by atoms with Gasteiger partial charge in [-0.1, -0.05) is 36.4 Å². The first-order chi connectivity index (χ1) is 13.8. The summed E-state index contributed by atoms with van der Waals surface area (Å²) in [6.45, 7) is 4.82. The highest BCUT2D eigenvalue weighted by atomic mass is 16.5.